The summed E-state index contributed by atoms with van der Waals surface area (Å²) in [6.45, 7) is 4.63. The van der Waals surface area contributed by atoms with Crippen molar-refractivity contribution in [3.05, 3.63) is 0 Å². The van der Waals surface area contributed by atoms with Gasteiger partial charge < -0.3 is 0 Å². The van der Waals surface area contributed by atoms with E-state index in [9.17, 15) is 0 Å². The minimum absolute atomic E-state index is 0.115. The molecule has 80 valence electrons. The van der Waals surface area contributed by atoms with Gasteiger partial charge in [0.05, 0.1) is 7.85 Å². The van der Waals surface area contributed by atoms with Gasteiger partial charge in [-0.05, 0) is 5.92 Å². The zero-order chi connectivity index (χ0) is 10.4. The molecule has 14 heavy (non-hydrogen) atoms. The SMILES string of the molecule is [B]C1(C)CCCCCCC(C)CCC1. The lowest BCUT2D eigenvalue weighted by Crippen LogP contribution is -2.08. The van der Waals surface area contributed by atoms with Crippen LogP contribution >= 0.6 is 0 Å². The third-order valence-corrected chi connectivity index (χ3v) is 3.64. The third kappa shape index (κ3) is 5.07. The summed E-state index contributed by atoms with van der Waals surface area (Å²) in [6, 6.07) is 0. The van der Waals surface area contributed by atoms with Crippen molar-refractivity contribution in [3.63, 3.8) is 0 Å². The van der Waals surface area contributed by atoms with Gasteiger partial charge in [-0.25, -0.2) is 0 Å². The quantitative estimate of drug-likeness (QED) is 0.496. The van der Waals surface area contributed by atoms with E-state index >= 15 is 0 Å². The minimum Gasteiger partial charge on any atom is -0.0688 e. The van der Waals surface area contributed by atoms with E-state index < -0.39 is 0 Å². The monoisotopic (exact) mass is 192 g/mol. The Kier molecular flexibility index (Phi) is 5.05. The largest absolute Gasteiger partial charge is 0.0742 e. The van der Waals surface area contributed by atoms with E-state index in [1.165, 1.54) is 57.8 Å². The highest BCUT2D eigenvalue weighted by atomic mass is 14.2. The van der Waals surface area contributed by atoms with Crippen LogP contribution in [0.2, 0.25) is 5.31 Å². The molecule has 2 unspecified atom stereocenters. The topological polar surface area (TPSA) is 0 Å². The Hall–Kier alpha value is 0.0649. The van der Waals surface area contributed by atoms with Gasteiger partial charge in [0.1, 0.15) is 0 Å². The van der Waals surface area contributed by atoms with Gasteiger partial charge in [-0.3, -0.25) is 0 Å². The van der Waals surface area contributed by atoms with Gasteiger partial charge in [-0.15, -0.1) is 0 Å². The van der Waals surface area contributed by atoms with Crippen LogP contribution in [-0.2, 0) is 0 Å². The molecule has 0 aromatic carbocycles. The van der Waals surface area contributed by atoms with Crippen LogP contribution in [0.3, 0.4) is 0 Å². The zero-order valence-corrected chi connectivity index (χ0v) is 10.0. The van der Waals surface area contributed by atoms with Crippen molar-refractivity contribution in [1.82, 2.24) is 0 Å². The van der Waals surface area contributed by atoms with Crippen LogP contribution < -0.4 is 0 Å². The summed E-state index contributed by atoms with van der Waals surface area (Å²) in [5, 5.41) is 0.115. The van der Waals surface area contributed by atoms with Crippen molar-refractivity contribution >= 4 is 7.85 Å². The number of hydrogen-bond donors (Lipinski definition) is 0. The molecule has 1 aliphatic rings. The molecule has 0 nitrogen and oxygen atoms in total. The van der Waals surface area contributed by atoms with Crippen LogP contribution in [0.25, 0.3) is 0 Å². The molecule has 0 aromatic rings. The molecule has 0 aliphatic heterocycles. The van der Waals surface area contributed by atoms with Gasteiger partial charge in [0.15, 0.2) is 0 Å². The third-order valence-electron chi connectivity index (χ3n) is 3.64. The molecule has 0 saturated heterocycles. The summed E-state index contributed by atoms with van der Waals surface area (Å²) >= 11 is 0. The van der Waals surface area contributed by atoms with E-state index in [-0.39, 0.29) is 5.31 Å². The minimum atomic E-state index is 0.115. The molecule has 0 heterocycles. The molecule has 0 N–H and O–H groups in total. The predicted molar refractivity (Wildman–Crippen MR) is 64.8 cm³/mol. The standard InChI is InChI=1S/C13H25B/c1-12-8-5-3-4-6-10-13(2,14)11-7-9-12/h12H,3-11H2,1-2H3. The molecule has 2 radical (unpaired) electrons. The summed E-state index contributed by atoms with van der Waals surface area (Å²) in [7, 11) is 6.26. The van der Waals surface area contributed by atoms with Crippen LogP contribution in [0.1, 0.15) is 71.6 Å². The lowest BCUT2D eigenvalue weighted by molar-refractivity contribution is 0.426. The smallest absolute Gasteiger partial charge is 0.0688 e. The molecule has 0 bridgehead atoms. The molecule has 1 heteroatoms. The number of rotatable bonds is 0. The summed E-state index contributed by atoms with van der Waals surface area (Å²) in [4.78, 5) is 0. The van der Waals surface area contributed by atoms with Gasteiger partial charge in [0.2, 0.25) is 0 Å². The van der Waals surface area contributed by atoms with Crippen molar-refractivity contribution in [1.29, 1.82) is 0 Å². The highest BCUT2D eigenvalue weighted by Crippen LogP contribution is 2.36. The highest BCUT2D eigenvalue weighted by molar-refractivity contribution is 6.14. The maximum atomic E-state index is 6.26. The molecule has 0 aromatic heterocycles. The molecular formula is C13H25B. The van der Waals surface area contributed by atoms with Crippen LogP contribution in [0.4, 0.5) is 0 Å². The van der Waals surface area contributed by atoms with Crippen molar-refractivity contribution < 1.29 is 0 Å². The van der Waals surface area contributed by atoms with Crippen LogP contribution in [0.5, 0.6) is 0 Å². The first-order chi connectivity index (χ1) is 6.60. The fraction of sp³-hybridized carbons (Fsp3) is 1.00. The van der Waals surface area contributed by atoms with Gasteiger partial charge >= 0.3 is 0 Å². The maximum Gasteiger partial charge on any atom is 0.0742 e. The summed E-state index contributed by atoms with van der Waals surface area (Å²) in [5.41, 5.74) is 0. The van der Waals surface area contributed by atoms with Gasteiger partial charge in [-0.2, -0.15) is 0 Å². The average Bonchev–Trinajstić information content (AvgIpc) is 2.12. The van der Waals surface area contributed by atoms with E-state index in [0.717, 1.165) is 5.92 Å². The van der Waals surface area contributed by atoms with Gasteiger partial charge in [0, 0.05) is 0 Å². The zero-order valence-electron chi connectivity index (χ0n) is 10.0. The van der Waals surface area contributed by atoms with Crippen molar-refractivity contribution in [2.75, 3.05) is 0 Å². The second-order valence-electron chi connectivity index (χ2n) is 5.60. The molecule has 1 fully saturated rings. The first kappa shape index (κ1) is 12.1. The molecule has 2 atom stereocenters. The Morgan fingerprint density at radius 1 is 0.929 bits per heavy atom. The molecule has 1 aliphatic carbocycles. The molecule has 0 spiro atoms. The highest BCUT2D eigenvalue weighted by Gasteiger charge is 2.17. The first-order valence-corrected chi connectivity index (χ1v) is 6.39. The summed E-state index contributed by atoms with van der Waals surface area (Å²) < 4.78 is 0. The molecule has 1 saturated carbocycles. The normalized spacial score (nSPS) is 37.4. The Morgan fingerprint density at radius 3 is 2.29 bits per heavy atom. The van der Waals surface area contributed by atoms with E-state index in [2.05, 4.69) is 13.8 Å². The average molecular weight is 192 g/mol. The Bertz CT molecular complexity index is 151. The predicted octanol–water partition coefficient (Wildman–Crippen LogP) is 4.49. The van der Waals surface area contributed by atoms with E-state index in [1.807, 2.05) is 0 Å². The maximum absolute atomic E-state index is 6.26. The summed E-state index contributed by atoms with van der Waals surface area (Å²) in [6.07, 6.45) is 12.2. The Balaban J connectivity index is 2.36. The lowest BCUT2D eigenvalue weighted by Gasteiger charge is -2.25. The van der Waals surface area contributed by atoms with E-state index in [0.29, 0.717) is 0 Å². The van der Waals surface area contributed by atoms with Gasteiger partial charge in [-0.1, -0.05) is 76.9 Å². The first-order valence-electron chi connectivity index (χ1n) is 6.39. The summed E-state index contributed by atoms with van der Waals surface area (Å²) in [5.74, 6) is 0.920. The van der Waals surface area contributed by atoms with Crippen LogP contribution in [0.15, 0.2) is 0 Å². The molecule has 0 amide bonds. The van der Waals surface area contributed by atoms with Gasteiger partial charge in [0.25, 0.3) is 0 Å². The van der Waals surface area contributed by atoms with Crippen molar-refractivity contribution in [2.24, 2.45) is 5.92 Å². The Labute approximate surface area is 91.3 Å². The Morgan fingerprint density at radius 2 is 1.50 bits per heavy atom. The van der Waals surface area contributed by atoms with E-state index in [1.54, 1.807) is 0 Å². The van der Waals surface area contributed by atoms with Crippen molar-refractivity contribution in [2.45, 2.75) is 76.9 Å². The van der Waals surface area contributed by atoms with Crippen LogP contribution in [-0.4, -0.2) is 7.85 Å². The second kappa shape index (κ2) is 5.83. The lowest BCUT2D eigenvalue weighted by atomic mass is 9.64. The molecule has 1 rings (SSSR count). The number of hydrogen-bond acceptors (Lipinski definition) is 0. The van der Waals surface area contributed by atoms with Crippen LogP contribution in [0, 0.1) is 5.92 Å². The second-order valence-corrected chi connectivity index (χ2v) is 5.60. The molecular weight excluding hydrogens is 167 g/mol. The van der Waals surface area contributed by atoms with Crippen molar-refractivity contribution in [3.8, 4) is 0 Å². The fourth-order valence-corrected chi connectivity index (χ4v) is 2.50. The fourth-order valence-electron chi connectivity index (χ4n) is 2.50. The van der Waals surface area contributed by atoms with E-state index in [4.69, 9.17) is 7.85 Å².